The lowest BCUT2D eigenvalue weighted by molar-refractivity contribution is -0.0941. The fourth-order valence-electron chi connectivity index (χ4n) is 3.62. The number of aromatic nitrogens is 7. The Bertz CT molecular complexity index is 1300. The van der Waals surface area contributed by atoms with Crippen LogP contribution in [0.15, 0.2) is 18.7 Å². The van der Waals surface area contributed by atoms with Gasteiger partial charge in [-0.05, 0) is 6.92 Å². The van der Waals surface area contributed by atoms with Crippen molar-refractivity contribution in [3.8, 4) is 17.4 Å². The number of methoxy groups -OCH3 is 3. The van der Waals surface area contributed by atoms with Crippen molar-refractivity contribution in [2.45, 2.75) is 24.4 Å². The van der Waals surface area contributed by atoms with Gasteiger partial charge >= 0.3 is 0 Å². The number of hydrogen-bond donors (Lipinski definition) is 1. The highest BCUT2D eigenvalue weighted by atomic mass is 35.5. The molecule has 0 unspecified atom stereocenters. The highest BCUT2D eigenvalue weighted by Crippen LogP contribution is 2.35. The van der Waals surface area contributed by atoms with Crippen LogP contribution in [0.5, 0.6) is 11.8 Å². The van der Waals surface area contributed by atoms with E-state index in [0.29, 0.717) is 18.2 Å². The fraction of sp³-hybridized carbons (Fsp3) is 0.500. The van der Waals surface area contributed by atoms with Crippen molar-refractivity contribution in [3.05, 3.63) is 35.4 Å². The zero-order valence-electron chi connectivity index (χ0n) is 20.4. The van der Waals surface area contributed by atoms with Gasteiger partial charge in [-0.25, -0.2) is 18.4 Å². The number of halogens is 1. The summed E-state index contributed by atoms with van der Waals surface area (Å²) in [4.78, 5) is 16.4. The smallest absolute Gasteiger partial charge is 0.245 e. The molecule has 0 aromatic carbocycles. The molecule has 1 aliphatic heterocycles. The quantitative estimate of drug-likeness (QED) is 0.376. The van der Waals surface area contributed by atoms with Gasteiger partial charge in [-0.1, -0.05) is 11.6 Å². The van der Waals surface area contributed by atoms with Crippen molar-refractivity contribution < 1.29 is 32.1 Å². The molecule has 0 saturated carbocycles. The fourth-order valence-corrected chi connectivity index (χ4v) is 4.85. The molecule has 0 spiro atoms. The van der Waals surface area contributed by atoms with Crippen molar-refractivity contribution >= 4 is 27.6 Å². The first-order valence-corrected chi connectivity index (χ1v) is 12.8. The van der Waals surface area contributed by atoms with Gasteiger partial charge in [0.05, 0.1) is 39.1 Å². The molecular weight excluding hydrogens is 532 g/mol. The van der Waals surface area contributed by atoms with Gasteiger partial charge in [-0.3, -0.25) is 9.29 Å². The number of nitrogens with one attached hydrogen (secondary N) is 1. The van der Waals surface area contributed by atoms with Gasteiger partial charge in [0.15, 0.2) is 17.3 Å². The number of ether oxygens (including phenoxy) is 5. The predicted molar refractivity (Wildman–Crippen MR) is 128 cm³/mol. The first-order chi connectivity index (χ1) is 17.8. The number of nitrogens with zero attached hydrogens (tertiary/aromatic N) is 7. The van der Waals surface area contributed by atoms with E-state index in [4.69, 9.17) is 35.3 Å². The molecule has 1 N–H and O–H groups in total. The number of hydrogen-bond acceptors (Lipinski definition) is 13. The third-order valence-electron chi connectivity index (χ3n) is 5.46. The van der Waals surface area contributed by atoms with Crippen LogP contribution in [0.2, 0.25) is 5.02 Å². The SMILES string of the molecule is COc1ncnc(OC)c1-n1c(NS(=O)(=O)[C@@H](C)[C@H](OC)c2ncc(Cl)cn2)nnc1[C@@H]1COCCO1. The molecule has 1 fully saturated rings. The summed E-state index contributed by atoms with van der Waals surface area (Å²) in [5.74, 6) is 0.347. The van der Waals surface area contributed by atoms with E-state index in [9.17, 15) is 8.42 Å². The van der Waals surface area contributed by atoms with Gasteiger partial charge in [-0.2, -0.15) is 9.97 Å². The molecule has 0 bridgehead atoms. The van der Waals surface area contributed by atoms with E-state index in [1.54, 1.807) is 0 Å². The minimum absolute atomic E-state index is 0.0856. The number of sulfonamides is 1. The third kappa shape index (κ3) is 5.57. The van der Waals surface area contributed by atoms with Crippen LogP contribution in [0.1, 0.15) is 30.8 Å². The van der Waals surface area contributed by atoms with Crippen LogP contribution in [-0.4, -0.2) is 89.5 Å². The molecule has 0 amide bonds. The lowest BCUT2D eigenvalue weighted by Crippen LogP contribution is -2.33. The first-order valence-electron chi connectivity index (χ1n) is 10.9. The minimum atomic E-state index is -4.18. The van der Waals surface area contributed by atoms with Crippen LogP contribution < -0.4 is 14.2 Å². The first kappa shape index (κ1) is 26.9. The van der Waals surface area contributed by atoms with E-state index in [1.165, 1.54) is 51.5 Å². The van der Waals surface area contributed by atoms with Gasteiger partial charge in [0, 0.05) is 19.5 Å². The van der Waals surface area contributed by atoms with Gasteiger partial charge < -0.3 is 23.7 Å². The van der Waals surface area contributed by atoms with Gasteiger partial charge in [0.2, 0.25) is 27.7 Å². The normalized spacial score (nSPS) is 17.7. The summed E-state index contributed by atoms with van der Waals surface area (Å²) in [5.41, 5.74) is 0.163. The van der Waals surface area contributed by atoms with Crippen molar-refractivity contribution in [2.24, 2.45) is 0 Å². The number of rotatable bonds is 10. The van der Waals surface area contributed by atoms with E-state index < -0.39 is 27.5 Å². The van der Waals surface area contributed by atoms with Crippen LogP contribution in [0.4, 0.5) is 5.95 Å². The largest absolute Gasteiger partial charge is 0.479 e. The van der Waals surface area contributed by atoms with E-state index in [1.807, 2.05) is 0 Å². The van der Waals surface area contributed by atoms with Crippen LogP contribution >= 0.6 is 11.6 Å². The van der Waals surface area contributed by atoms with E-state index in [-0.39, 0.29) is 41.7 Å². The molecule has 1 saturated heterocycles. The zero-order valence-corrected chi connectivity index (χ0v) is 21.9. The van der Waals surface area contributed by atoms with E-state index >= 15 is 0 Å². The summed E-state index contributed by atoms with van der Waals surface area (Å²) in [6.07, 6.45) is 2.26. The van der Waals surface area contributed by atoms with Crippen LogP contribution in [0.25, 0.3) is 5.69 Å². The second-order valence-corrected chi connectivity index (χ2v) is 10.1. The molecule has 3 aromatic rings. The van der Waals surface area contributed by atoms with Gasteiger partial charge in [-0.15, -0.1) is 10.2 Å². The van der Waals surface area contributed by atoms with Crippen LogP contribution in [-0.2, 0) is 24.2 Å². The second-order valence-electron chi connectivity index (χ2n) is 7.66. The Morgan fingerprint density at radius 2 is 1.76 bits per heavy atom. The molecular formula is C20H25ClN8O7S. The van der Waals surface area contributed by atoms with Gasteiger partial charge in [0.25, 0.3) is 0 Å². The maximum absolute atomic E-state index is 13.5. The Morgan fingerprint density at radius 1 is 1.08 bits per heavy atom. The van der Waals surface area contributed by atoms with Crippen LogP contribution in [0.3, 0.4) is 0 Å². The highest BCUT2D eigenvalue weighted by molar-refractivity contribution is 7.93. The molecule has 0 aliphatic carbocycles. The summed E-state index contributed by atoms with van der Waals surface area (Å²) in [7, 11) is -0.0228. The minimum Gasteiger partial charge on any atom is -0.479 e. The summed E-state index contributed by atoms with van der Waals surface area (Å²) in [5, 5.41) is 7.41. The Balaban J connectivity index is 1.78. The predicted octanol–water partition coefficient (Wildman–Crippen LogP) is 1.12. The van der Waals surface area contributed by atoms with E-state index in [0.717, 1.165) is 0 Å². The Hall–Kier alpha value is -3.18. The number of anilines is 1. The van der Waals surface area contributed by atoms with E-state index in [2.05, 4.69) is 34.9 Å². The standard InChI is InChI=1S/C20H25ClN8O7S/c1-11(15(32-2)16-22-7-12(21)8-23-16)37(30,31)28-20-27-26-17(13-9-35-5-6-36-13)29(20)14-18(33-3)24-10-25-19(14)34-4/h7-8,10-11,13,15H,5-6,9H2,1-4H3,(H,27,28)/t11-,13-,15-/m0/s1. The van der Waals surface area contributed by atoms with Crippen molar-refractivity contribution in [1.82, 2.24) is 34.7 Å². The Kier molecular flexibility index (Phi) is 8.33. The zero-order chi connectivity index (χ0) is 26.6. The monoisotopic (exact) mass is 556 g/mol. The lowest BCUT2D eigenvalue weighted by atomic mass is 10.2. The molecule has 3 aromatic heterocycles. The Morgan fingerprint density at radius 3 is 2.32 bits per heavy atom. The molecule has 1 aliphatic rings. The second kappa shape index (κ2) is 11.5. The molecule has 4 heterocycles. The molecule has 0 radical (unpaired) electrons. The highest BCUT2D eigenvalue weighted by Gasteiger charge is 2.36. The summed E-state index contributed by atoms with van der Waals surface area (Å²) in [6.45, 7) is 2.33. The average Bonchev–Trinajstić information content (AvgIpc) is 3.32. The van der Waals surface area contributed by atoms with Crippen molar-refractivity contribution in [2.75, 3.05) is 45.9 Å². The van der Waals surface area contributed by atoms with Gasteiger partial charge in [0.1, 0.15) is 23.8 Å². The summed E-state index contributed by atoms with van der Waals surface area (Å²) >= 11 is 5.86. The third-order valence-corrected chi connectivity index (χ3v) is 7.34. The van der Waals surface area contributed by atoms with Crippen molar-refractivity contribution in [1.29, 1.82) is 0 Å². The summed E-state index contributed by atoms with van der Waals surface area (Å²) in [6, 6.07) is 0. The summed E-state index contributed by atoms with van der Waals surface area (Å²) < 4.78 is 58.4. The maximum Gasteiger partial charge on any atom is 0.245 e. The molecule has 15 nitrogen and oxygen atoms in total. The molecule has 17 heteroatoms. The average molecular weight is 557 g/mol. The topological polar surface area (TPSA) is 175 Å². The molecule has 4 rings (SSSR count). The molecule has 3 atom stereocenters. The molecule has 37 heavy (non-hydrogen) atoms. The van der Waals surface area contributed by atoms with Crippen LogP contribution in [0, 0.1) is 0 Å². The Labute approximate surface area is 217 Å². The van der Waals surface area contributed by atoms with Crippen molar-refractivity contribution in [3.63, 3.8) is 0 Å². The lowest BCUT2D eigenvalue weighted by Gasteiger charge is -2.24. The maximum atomic E-state index is 13.5. The molecule has 200 valence electrons.